The molecule has 0 aliphatic rings. The van der Waals surface area contributed by atoms with Gasteiger partial charge in [0.1, 0.15) is 12.7 Å². The van der Waals surface area contributed by atoms with Gasteiger partial charge in [-0.3, -0.25) is 9.48 Å². The molecule has 1 atom stereocenters. The fraction of sp³-hybridized carbons (Fsp3) is 0.222. The molecule has 0 aliphatic heterocycles. The standard InChI is InChI=1S/C27H27N7O/c1-18(2)34-26-23(14-29-34)22(13-24(31-26)21-11-9-19(3)10-12-21)27(35)32-25(15-33-17-28-16-30-33)20-7-5-4-6-8-20/h4-14,16-18,25H,15H2,1-3H3,(H,32,35). The Morgan fingerprint density at radius 1 is 1.03 bits per heavy atom. The number of carbonyl (C=O) groups excluding carboxylic acids is 1. The largest absolute Gasteiger partial charge is 0.343 e. The molecule has 3 aromatic heterocycles. The van der Waals surface area contributed by atoms with Crippen molar-refractivity contribution < 1.29 is 4.79 Å². The van der Waals surface area contributed by atoms with E-state index in [9.17, 15) is 4.79 Å². The van der Waals surface area contributed by atoms with Gasteiger partial charge in [-0.1, -0.05) is 60.2 Å². The molecular weight excluding hydrogens is 438 g/mol. The monoisotopic (exact) mass is 465 g/mol. The van der Waals surface area contributed by atoms with Crippen molar-refractivity contribution in [3.63, 3.8) is 0 Å². The van der Waals surface area contributed by atoms with Crippen molar-refractivity contribution in [1.29, 1.82) is 0 Å². The molecule has 0 bridgehead atoms. The predicted octanol–water partition coefficient (Wildman–Crippen LogP) is 4.75. The molecule has 0 aliphatic carbocycles. The molecule has 2 aromatic carbocycles. The Bertz CT molecular complexity index is 1440. The quantitative estimate of drug-likeness (QED) is 0.375. The van der Waals surface area contributed by atoms with Crippen LogP contribution >= 0.6 is 0 Å². The predicted molar refractivity (Wildman–Crippen MR) is 135 cm³/mol. The summed E-state index contributed by atoms with van der Waals surface area (Å²) in [6.07, 6.45) is 4.87. The second kappa shape index (κ2) is 9.50. The van der Waals surface area contributed by atoms with Crippen LogP contribution in [0.15, 0.2) is 79.5 Å². The summed E-state index contributed by atoms with van der Waals surface area (Å²) in [6.45, 7) is 6.61. The molecule has 1 N–H and O–H groups in total. The summed E-state index contributed by atoms with van der Waals surface area (Å²) < 4.78 is 3.57. The van der Waals surface area contributed by atoms with Crippen LogP contribution < -0.4 is 5.32 Å². The van der Waals surface area contributed by atoms with E-state index in [1.54, 1.807) is 17.2 Å². The van der Waals surface area contributed by atoms with E-state index in [1.165, 1.54) is 11.9 Å². The minimum Gasteiger partial charge on any atom is -0.343 e. The van der Waals surface area contributed by atoms with Gasteiger partial charge in [-0.25, -0.2) is 14.6 Å². The highest BCUT2D eigenvalue weighted by Crippen LogP contribution is 2.27. The number of benzene rings is 2. The van der Waals surface area contributed by atoms with Crippen molar-refractivity contribution in [1.82, 2.24) is 34.8 Å². The van der Waals surface area contributed by atoms with E-state index in [1.807, 2.05) is 72.3 Å². The summed E-state index contributed by atoms with van der Waals surface area (Å²) in [7, 11) is 0. The van der Waals surface area contributed by atoms with Crippen LogP contribution in [-0.2, 0) is 6.54 Å². The van der Waals surface area contributed by atoms with Gasteiger partial charge >= 0.3 is 0 Å². The van der Waals surface area contributed by atoms with E-state index < -0.39 is 0 Å². The summed E-state index contributed by atoms with van der Waals surface area (Å²) in [6, 6.07) is 19.7. The average Bonchev–Trinajstić information content (AvgIpc) is 3.54. The van der Waals surface area contributed by atoms with Crippen LogP contribution in [-0.4, -0.2) is 35.4 Å². The Morgan fingerprint density at radius 3 is 2.49 bits per heavy atom. The Labute approximate surface area is 203 Å². The molecule has 0 saturated carbocycles. The van der Waals surface area contributed by atoms with Crippen LogP contribution in [0.1, 0.15) is 47.4 Å². The second-order valence-corrected chi connectivity index (χ2v) is 8.90. The lowest BCUT2D eigenvalue weighted by Crippen LogP contribution is -2.31. The molecule has 1 unspecified atom stereocenters. The first-order valence-electron chi connectivity index (χ1n) is 11.6. The number of rotatable bonds is 7. The van der Waals surface area contributed by atoms with Gasteiger partial charge in [0.2, 0.25) is 0 Å². The number of aryl methyl sites for hydroxylation is 1. The average molecular weight is 466 g/mol. The molecule has 8 heteroatoms. The second-order valence-electron chi connectivity index (χ2n) is 8.90. The fourth-order valence-corrected chi connectivity index (χ4v) is 4.13. The van der Waals surface area contributed by atoms with Crippen LogP contribution in [0, 0.1) is 6.92 Å². The number of carbonyl (C=O) groups is 1. The van der Waals surface area contributed by atoms with Crippen molar-refractivity contribution in [2.24, 2.45) is 0 Å². The molecule has 5 rings (SSSR count). The molecule has 0 radical (unpaired) electrons. The van der Waals surface area contributed by atoms with E-state index in [0.717, 1.165) is 22.2 Å². The minimum atomic E-state index is -0.295. The Morgan fingerprint density at radius 2 is 1.80 bits per heavy atom. The highest BCUT2D eigenvalue weighted by atomic mass is 16.1. The van der Waals surface area contributed by atoms with E-state index in [4.69, 9.17) is 4.98 Å². The maximum Gasteiger partial charge on any atom is 0.252 e. The van der Waals surface area contributed by atoms with Crippen LogP contribution in [0.3, 0.4) is 0 Å². The van der Waals surface area contributed by atoms with Crippen molar-refractivity contribution in [2.45, 2.75) is 39.4 Å². The van der Waals surface area contributed by atoms with Crippen LogP contribution in [0.5, 0.6) is 0 Å². The highest BCUT2D eigenvalue weighted by Gasteiger charge is 2.22. The van der Waals surface area contributed by atoms with Crippen molar-refractivity contribution in [3.8, 4) is 11.3 Å². The number of amides is 1. The summed E-state index contributed by atoms with van der Waals surface area (Å²) >= 11 is 0. The zero-order valence-electron chi connectivity index (χ0n) is 20.0. The lowest BCUT2D eigenvalue weighted by molar-refractivity contribution is 0.0933. The third-order valence-corrected chi connectivity index (χ3v) is 5.99. The maximum atomic E-state index is 13.8. The van der Waals surface area contributed by atoms with Gasteiger partial charge < -0.3 is 5.32 Å². The number of hydrogen-bond donors (Lipinski definition) is 1. The van der Waals surface area contributed by atoms with Gasteiger partial charge in [0.15, 0.2) is 5.65 Å². The van der Waals surface area contributed by atoms with Gasteiger partial charge in [0, 0.05) is 11.6 Å². The van der Waals surface area contributed by atoms with E-state index in [0.29, 0.717) is 17.8 Å². The fourth-order valence-electron chi connectivity index (χ4n) is 4.13. The lowest BCUT2D eigenvalue weighted by atomic mass is 10.0. The zero-order chi connectivity index (χ0) is 24.4. The molecule has 8 nitrogen and oxygen atoms in total. The zero-order valence-corrected chi connectivity index (χ0v) is 20.0. The van der Waals surface area contributed by atoms with Gasteiger partial charge in [-0.15, -0.1) is 0 Å². The van der Waals surface area contributed by atoms with Gasteiger partial charge in [-0.2, -0.15) is 10.2 Å². The Hall–Kier alpha value is -4.33. The number of pyridine rings is 1. The molecule has 0 spiro atoms. The normalized spacial score (nSPS) is 12.2. The first-order valence-corrected chi connectivity index (χ1v) is 11.6. The molecule has 35 heavy (non-hydrogen) atoms. The van der Waals surface area contributed by atoms with Crippen LogP contribution in [0.2, 0.25) is 0 Å². The SMILES string of the molecule is Cc1ccc(-c2cc(C(=O)NC(Cn3cncn3)c3ccccc3)c3cnn(C(C)C)c3n2)cc1. The number of fused-ring (bicyclic) bond motifs is 1. The molecule has 0 saturated heterocycles. The lowest BCUT2D eigenvalue weighted by Gasteiger charge is -2.20. The van der Waals surface area contributed by atoms with Crippen molar-refractivity contribution in [3.05, 3.63) is 96.2 Å². The Kier molecular flexibility index (Phi) is 6.10. The summed E-state index contributed by atoms with van der Waals surface area (Å²) in [5.74, 6) is -0.192. The Balaban J connectivity index is 1.57. The molecule has 176 valence electrons. The van der Waals surface area contributed by atoms with E-state index >= 15 is 0 Å². The number of aromatic nitrogens is 6. The third kappa shape index (κ3) is 4.68. The first kappa shape index (κ1) is 22.5. The van der Waals surface area contributed by atoms with Crippen molar-refractivity contribution in [2.75, 3.05) is 0 Å². The summed E-state index contributed by atoms with van der Waals surface area (Å²) in [5, 5.41) is 12.7. The van der Waals surface area contributed by atoms with Gasteiger partial charge in [0.05, 0.1) is 35.4 Å². The third-order valence-electron chi connectivity index (χ3n) is 5.99. The smallest absolute Gasteiger partial charge is 0.252 e. The van der Waals surface area contributed by atoms with Crippen molar-refractivity contribution >= 4 is 16.9 Å². The molecule has 1 amide bonds. The number of hydrogen-bond acceptors (Lipinski definition) is 5. The summed E-state index contributed by atoms with van der Waals surface area (Å²) in [5.41, 5.74) is 5.06. The van der Waals surface area contributed by atoms with Gasteiger partial charge in [0.25, 0.3) is 5.91 Å². The molecule has 0 fully saturated rings. The van der Waals surface area contributed by atoms with Crippen LogP contribution in [0.25, 0.3) is 22.3 Å². The molecule has 3 heterocycles. The van der Waals surface area contributed by atoms with E-state index in [-0.39, 0.29) is 18.0 Å². The number of nitrogens with zero attached hydrogens (tertiary/aromatic N) is 6. The number of nitrogens with one attached hydrogen (secondary N) is 1. The summed E-state index contributed by atoms with van der Waals surface area (Å²) in [4.78, 5) is 22.7. The minimum absolute atomic E-state index is 0.105. The molecular formula is C27H27N7O. The topological polar surface area (TPSA) is 90.5 Å². The molecule has 5 aromatic rings. The maximum absolute atomic E-state index is 13.8. The highest BCUT2D eigenvalue weighted by molar-refractivity contribution is 6.06. The van der Waals surface area contributed by atoms with Crippen LogP contribution in [0.4, 0.5) is 0 Å². The van der Waals surface area contributed by atoms with Gasteiger partial charge in [-0.05, 0) is 32.4 Å². The first-order chi connectivity index (χ1) is 17.0. The van der Waals surface area contributed by atoms with E-state index in [2.05, 4.69) is 34.3 Å².